The highest BCUT2D eigenvalue weighted by Gasteiger charge is 2.42. The average molecular weight is 473 g/mol. The van der Waals surface area contributed by atoms with Gasteiger partial charge in [-0.2, -0.15) is 0 Å². The lowest BCUT2D eigenvalue weighted by atomic mass is 10.0. The molecule has 0 spiro atoms. The van der Waals surface area contributed by atoms with Gasteiger partial charge in [0.1, 0.15) is 11.4 Å². The summed E-state index contributed by atoms with van der Waals surface area (Å²) in [5.74, 6) is 3.30. The van der Waals surface area contributed by atoms with Crippen LogP contribution in [0, 0.1) is 17.8 Å². The lowest BCUT2D eigenvalue weighted by Gasteiger charge is -2.30. The van der Waals surface area contributed by atoms with Gasteiger partial charge in [-0.3, -0.25) is 4.79 Å². The van der Waals surface area contributed by atoms with Crippen molar-refractivity contribution in [3.8, 4) is 17.1 Å². The molecule has 7 heteroatoms. The Morgan fingerprint density at radius 3 is 2.49 bits per heavy atom. The summed E-state index contributed by atoms with van der Waals surface area (Å²) in [6, 6.07) is 15.7. The summed E-state index contributed by atoms with van der Waals surface area (Å²) < 4.78 is 10.9. The third-order valence-electron chi connectivity index (χ3n) is 7.63. The number of amides is 1. The summed E-state index contributed by atoms with van der Waals surface area (Å²) in [6.45, 7) is 7.85. The molecule has 3 atom stereocenters. The van der Waals surface area contributed by atoms with E-state index in [2.05, 4.69) is 10.2 Å². The maximum absolute atomic E-state index is 13.5. The highest BCUT2D eigenvalue weighted by molar-refractivity contribution is 6.05. The van der Waals surface area contributed by atoms with Crippen LogP contribution in [0.1, 0.15) is 30.3 Å². The molecule has 1 unspecified atom stereocenters. The van der Waals surface area contributed by atoms with Crippen molar-refractivity contribution in [1.29, 1.82) is 0 Å². The Bertz CT molecular complexity index is 1200. The number of rotatable bonds is 7. The van der Waals surface area contributed by atoms with Crippen molar-refractivity contribution < 1.29 is 14.3 Å². The van der Waals surface area contributed by atoms with Crippen molar-refractivity contribution in [2.24, 2.45) is 17.8 Å². The van der Waals surface area contributed by atoms with Crippen LogP contribution < -0.4 is 10.1 Å². The summed E-state index contributed by atoms with van der Waals surface area (Å²) in [6.07, 6.45) is 2.09. The smallest absolute Gasteiger partial charge is 0.270 e. The second-order valence-electron chi connectivity index (χ2n) is 10.2. The quantitative estimate of drug-likeness (QED) is 0.564. The van der Waals surface area contributed by atoms with Crippen LogP contribution in [0.3, 0.4) is 0 Å². The number of hydrogen-bond acceptors (Lipinski definition) is 6. The third-order valence-corrected chi connectivity index (χ3v) is 7.63. The molecule has 1 aromatic heterocycles. The molecule has 3 aromatic rings. The highest BCUT2D eigenvalue weighted by Crippen LogP contribution is 2.38. The molecule has 1 aliphatic carbocycles. The second kappa shape index (κ2) is 9.55. The zero-order valence-electron chi connectivity index (χ0n) is 20.2. The molecule has 1 amide bonds. The number of ether oxygens (including phenoxy) is 2. The molecule has 3 heterocycles. The van der Waals surface area contributed by atoms with Crippen LogP contribution in [-0.2, 0) is 4.74 Å². The minimum atomic E-state index is -0.107. The van der Waals surface area contributed by atoms with Gasteiger partial charge in [-0.25, -0.2) is 9.97 Å². The summed E-state index contributed by atoms with van der Waals surface area (Å²) in [7, 11) is 0. The van der Waals surface area contributed by atoms with E-state index in [-0.39, 0.29) is 11.9 Å². The first-order chi connectivity index (χ1) is 17.2. The molecule has 2 aliphatic heterocycles. The molecule has 2 saturated heterocycles. The first-order valence-electron chi connectivity index (χ1n) is 12.8. The number of hydrogen-bond donors (Lipinski definition) is 1. The average Bonchev–Trinajstić information content (AvgIpc) is 3.39. The van der Waals surface area contributed by atoms with E-state index < -0.39 is 0 Å². The summed E-state index contributed by atoms with van der Waals surface area (Å²) >= 11 is 0. The lowest BCUT2D eigenvalue weighted by Crippen LogP contribution is -2.40. The standard InChI is InChI=1S/C28H32N4O3/c1-2-35-23-9-7-19(8-10-23)27-30-25-6-4-3-5-24(25)26(31-27)28(33)29-22-11-20-14-32(15-21(20)12-22)13-18-16-34-17-18/h3-10,18,20-22H,2,11-17H2,1H3,(H,29,33)/t20-,21+,22?. The molecule has 6 rings (SSSR count). The van der Waals surface area contributed by atoms with E-state index in [1.807, 2.05) is 55.5 Å². The van der Waals surface area contributed by atoms with E-state index >= 15 is 0 Å². The maximum atomic E-state index is 13.5. The minimum Gasteiger partial charge on any atom is -0.494 e. The van der Waals surface area contributed by atoms with Crippen molar-refractivity contribution in [3.05, 3.63) is 54.2 Å². The zero-order valence-corrected chi connectivity index (χ0v) is 20.2. The van der Waals surface area contributed by atoms with E-state index in [1.165, 1.54) is 0 Å². The Labute approximate surface area is 205 Å². The molecule has 1 saturated carbocycles. The lowest BCUT2D eigenvalue weighted by molar-refractivity contribution is -0.0447. The van der Waals surface area contributed by atoms with Crippen molar-refractivity contribution in [3.63, 3.8) is 0 Å². The monoisotopic (exact) mass is 472 g/mol. The SMILES string of the molecule is CCOc1ccc(-c2nc(C(=O)NC3C[C@@H]4CN(CC5COC5)C[C@@H]4C3)c3ccccc3n2)cc1. The van der Waals surface area contributed by atoms with Gasteiger partial charge in [0.25, 0.3) is 5.91 Å². The van der Waals surface area contributed by atoms with Crippen LogP contribution in [0.15, 0.2) is 48.5 Å². The number of benzene rings is 2. The van der Waals surface area contributed by atoms with Gasteiger partial charge >= 0.3 is 0 Å². The highest BCUT2D eigenvalue weighted by atomic mass is 16.5. The largest absolute Gasteiger partial charge is 0.494 e. The van der Waals surface area contributed by atoms with E-state index in [0.29, 0.717) is 35.9 Å². The van der Waals surface area contributed by atoms with Gasteiger partial charge in [0.2, 0.25) is 0 Å². The Morgan fingerprint density at radius 1 is 1.06 bits per heavy atom. The Kier molecular flexibility index (Phi) is 6.12. The number of nitrogens with zero attached hydrogens (tertiary/aromatic N) is 3. The van der Waals surface area contributed by atoms with Crippen molar-refractivity contribution in [1.82, 2.24) is 20.2 Å². The zero-order chi connectivity index (χ0) is 23.8. The molecule has 1 N–H and O–H groups in total. The molecule has 0 bridgehead atoms. The fraction of sp³-hybridized carbons (Fsp3) is 0.464. The first kappa shape index (κ1) is 22.4. The van der Waals surface area contributed by atoms with E-state index in [4.69, 9.17) is 19.4 Å². The van der Waals surface area contributed by atoms with Crippen molar-refractivity contribution in [2.45, 2.75) is 25.8 Å². The van der Waals surface area contributed by atoms with Gasteiger partial charge in [0.15, 0.2) is 5.82 Å². The van der Waals surface area contributed by atoms with E-state index in [9.17, 15) is 4.79 Å². The number of para-hydroxylation sites is 1. The van der Waals surface area contributed by atoms with E-state index in [0.717, 1.165) is 67.9 Å². The molecule has 182 valence electrons. The number of aromatic nitrogens is 2. The predicted octanol–water partition coefficient (Wildman–Crippen LogP) is 3.78. The summed E-state index contributed by atoms with van der Waals surface area (Å²) in [5.41, 5.74) is 2.08. The number of carbonyl (C=O) groups is 1. The van der Waals surface area contributed by atoms with Gasteiger partial charge in [0, 0.05) is 42.5 Å². The fourth-order valence-corrected chi connectivity index (χ4v) is 5.92. The summed E-state index contributed by atoms with van der Waals surface area (Å²) in [4.78, 5) is 25.5. The third kappa shape index (κ3) is 4.62. The van der Waals surface area contributed by atoms with Crippen molar-refractivity contribution >= 4 is 16.8 Å². The van der Waals surface area contributed by atoms with Gasteiger partial charge in [-0.05, 0) is 61.9 Å². The minimum absolute atomic E-state index is 0.107. The number of carbonyl (C=O) groups excluding carboxylic acids is 1. The molecule has 3 aliphatic rings. The van der Waals surface area contributed by atoms with Crippen molar-refractivity contribution in [2.75, 3.05) is 39.5 Å². The Hall–Kier alpha value is -3.03. The fourth-order valence-electron chi connectivity index (χ4n) is 5.92. The maximum Gasteiger partial charge on any atom is 0.270 e. The van der Waals surface area contributed by atoms with E-state index in [1.54, 1.807) is 0 Å². The van der Waals surface area contributed by atoms with Crippen LogP contribution in [-0.4, -0.2) is 66.3 Å². The normalized spacial score (nSPS) is 24.3. The molecular weight excluding hydrogens is 440 g/mol. The number of likely N-dealkylation sites (tertiary alicyclic amines) is 1. The van der Waals surface area contributed by atoms with Crippen LogP contribution in [0.25, 0.3) is 22.3 Å². The van der Waals surface area contributed by atoms with Crippen LogP contribution >= 0.6 is 0 Å². The molecule has 0 radical (unpaired) electrons. The van der Waals surface area contributed by atoms with Gasteiger partial charge in [0.05, 0.1) is 25.3 Å². The van der Waals surface area contributed by atoms with Gasteiger partial charge < -0.3 is 19.7 Å². The summed E-state index contributed by atoms with van der Waals surface area (Å²) in [5, 5.41) is 4.09. The molecular formula is C28H32N4O3. The Balaban J connectivity index is 1.18. The van der Waals surface area contributed by atoms with Crippen LogP contribution in [0.2, 0.25) is 0 Å². The van der Waals surface area contributed by atoms with Crippen LogP contribution in [0.4, 0.5) is 0 Å². The van der Waals surface area contributed by atoms with Crippen LogP contribution in [0.5, 0.6) is 5.75 Å². The molecule has 7 nitrogen and oxygen atoms in total. The Morgan fingerprint density at radius 2 is 1.80 bits per heavy atom. The topological polar surface area (TPSA) is 76.6 Å². The molecule has 2 aromatic carbocycles. The predicted molar refractivity (Wildman–Crippen MR) is 134 cm³/mol. The van der Waals surface area contributed by atoms with Gasteiger partial charge in [-0.1, -0.05) is 18.2 Å². The number of fused-ring (bicyclic) bond motifs is 2. The first-order valence-corrected chi connectivity index (χ1v) is 12.8. The van der Waals surface area contributed by atoms with Gasteiger partial charge in [-0.15, -0.1) is 0 Å². The molecule has 35 heavy (non-hydrogen) atoms. The number of nitrogens with one attached hydrogen (secondary N) is 1. The molecule has 3 fully saturated rings. The second-order valence-corrected chi connectivity index (χ2v) is 10.2.